The molecule has 1 aromatic carbocycles. The monoisotopic (exact) mass is 344 g/mol. The number of allylic oxidation sites excluding steroid dienone is 1. The molecular weight excluding hydrogens is 324 g/mol. The summed E-state index contributed by atoms with van der Waals surface area (Å²) in [6.45, 7) is 6.82. The Morgan fingerprint density at radius 3 is 2.64 bits per heavy atom. The van der Waals surface area contributed by atoms with E-state index in [-0.39, 0.29) is 5.58 Å². The number of hydrogen-bond donors (Lipinski definition) is 1. The van der Waals surface area contributed by atoms with E-state index >= 15 is 0 Å². The zero-order valence-electron chi connectivity index (χ0n) is 14.5. The van der Waals surface area contributed by atoms with Gasteiger partial charge in [-0.05, 0) is 45.9 Å². The average Bonchev–Trinajstić information content (AvgIpc) is 2.56. The van der Waals surface area contributed by atoms with Crippen LogP contribution >= 0.6 is 0 Å². The third kappa shape index (κ3) is 2.93. The number of aliphatic hydroxyl groups excluding tert-OH is 1. The van der Waals surface area contributed by atoms with Gasteiger partial charge in [0, 0.05) is 17.0 Å². The van der Waals surface area contributed by atoms with Crippen LogP contribution in [0.2, 0.25) is 0 Å². The standard InChI is InChI=1S/C19H20O6/c1-5-10(2)18(22)24-17-15(21)14-12(25-19(17,3)4)8-6-11-7-9-13(20)23-16(11)14/h5-9,15,17,21H,1-4H3/b10-5-/t15-,17+/m1/s1. The van der Waals surface area contributed by atoms with Gasteiger partial charge in [-0.2, -0.15) is 0 Å². The van der Waals surface area contributed by atoms with Gasteiger partial charge in [0.15, 0.2) is 6.10 Å². The van der Waals surface area contributed by atoms with Crippen LogP contribution in [-0.4, -0.2) is 22.8 Å². The Kier molecular flexibility index (Phi) is 4.16. The van der Waals surface area contributed by atoms with Crippen LogP contribution in [0.1, 0.15) is 39.4 Å². The van der Waals surface area contributed by atoms with Gasteiger partial charge in [0.05, 0.1) is 5.56 Å². The number of fused-ring (bicyclic) bond motifs is 3. The maximum atomic E-state index is 12.2. The molecule has 1 aliphatic rings. The Labute approximate surface area is 144 Å². The van der Waals surface area contributed by atoms with Gasteiger partial charge < -0.3 is 19.0 Å². The highest BCUT2D eigenvalue weighted by Gasteiger charge is 2.47. The second kappa shape index (κ2) is 6.04. The molecular formula is C19H20O6. The molecule has 1 N–H and O–H groups in total. The second-order valence-corrected chi connectivity index (χ2v) is 6.60. The molecule has 2 atom stereocenters. The fraction of sp³-hybridized carbons (Fsp3) is 0.368. The van der Waals surface area contributed by atoms with Crippen LogP contribution in [0, 0.1) is 0 Å². The third-order valence-electron chi connectivity index (χ3n) is 4.42. The molecule has 2 aromatic rings. The third-order valence-corrected chi connectivity index (χ3v) is 4.42. The van der Waals surface area contributed by atoms with Crippen LogP contribution in [0.5, 0.6) is 5.75 Å². The SMILES string of the molecule is C/C=C(/C)C(=O)O[C@H]1[C@H](O)c2c(ccc3ccc(=O)oc23)OC1(C)C. The molecule has 0 saturated carbocycles. The van der Waals surface area contributed by atoms with E-state index in [2.05, 4.69) is 0 Å². The lowest BCUT2D eigenvalue weighted by molar-refractivity contribution is -0.173. The Morgan fingerprint density at radius 2 is 1.96 bits per heavy atom. The minimum atomic E-state index is -1.19. The van der Waals surface area contributed by atoms with Crippen LogP contribution in [0.15, 0.2) is 45.1 Å². The van der Waals surface area contributed by atoms with Gasteiger partial charge in [-0.25, -0.2) is 9.59 Å². The van der Waals surface area contributed by atoms with Crippen molar-refractivity contribution in [3.8, 4) is 5.75 Å². The lowest BCUT2D eigenvalue weighted by Gasteiger charge is -2.42. The Hall–Kier alpha value is -2.60. The first-order valence-corrected chi connectivity index (χ1v) is 8.02. The van der Waals surface area contributed by atoms with Gasteiger partial charge in [0.2, 0.25) is 0 Å². The van der Waals surface area contributed by atoms with Gasteiger partial charge in [0.25, 0.3) is 0 Å². The Balaban J connectivity index is 2.12. The van der Waals surface area contributed by atoms with E-state index in [9.17, 15) is 14.7 Å². The fourth-order valence-electron chi connectivity index (χ4n) is 2.91. The zero-order valence-corrected chi connectivity index (χ0v) is 14.5. The number of carbonyl (C=O) groups excluding carboxylic acids is 1. The molecule has 0 bridgehead atoms. The van der Waals surface area contributed by atoms with E-state index in [0.717, 1.165) is 0 Å². The summed E-state index contributed by atoms with van der Waals surface area (Å²) in [5.74, 6) is -0.136. The van der Waals surface area contributed by atoms with Crippen molar-refractivity contribution in [1.82, 2.24) is 0 Å². The number of hydrogen-bond acceptors (Lipinski definition) is 6. The number of ether oxygens (including phenoxy) is 2. The van der Waals surface area contributed by atoms with E-state index < -0.39 is 29.4 Å². The summed E-state index contributed by atoms with van der Waals surface area (Å²) in [7, 11) is 0. The molecule has 25 heavy (non-hydrogen) atoms. The molecule has 2 heterocycles. The number of carbonyl (C=O) groups is 1. The molecule has 6 heteroatoms. The molecule has 0 radical (unpaired) electrons. The van der Waals surface area contributed by atoms with E-state index in [0.29, 0.717) is 22.3 Å². The van der Waals surface area contributed by atoms with E-state index in [1.165, 1.54) is 6.07 Å². The predicted molar refractivity (Wildman–Crippen MR) is 91.5 cm³/mol. The van der Waals surface area contributed by atoms with Gasteiger partial charge in [-0.15, -0.1) is 0 Å². The summed E-state index contributed by atoms with van der Waals surface area (Å²) in [6.07, 6.45) is -0.520. The fourth-order valence-corrected chi connectivity index (χ4v) is 2.91. The van der Waals surface area contributed by atoms with Gasteiger partial charge in [-0.1, -0.05) is 6.08 Å². The summed E-state index contributed by atoms with van der Waals surface area (Å²) in [4.78, 5) is 23.8. The van der Waals surface area contributed by atoms with E-state index in [1.807, 2.05) is 0 Å². The summed E-state index contributed by atoms with van der Waals surface area (Å²) >= 11 is 0. The van der Waals surface area contributed by atoms with Crippen molar-refractivity contribution in [3.05, 3.63) is 51.9 Å². The van der Waals surface area contributed by atoms with Crippen molar-refractivity contribution in [2.75, 3.05) is 0 Å². The van der Waals surface area contributed by atoms with Crippen molar-refractivity contribution in [3.63, 3.8) is 0 Å². The van der Waals surface area contributed by atoms with Crippen LogP contribution in [-0.2, 0) is 9.53 Å². The number of rotatable bonds is 2. The summed E-state index contributed by atoms with van der Waals surface area (Å²) in [5, 5.41) is 11.6. The van der Waals surface area contributed by atoms with E-state index in [1.54, 1.807) is 52.0 Å². The molecule has 3 rings (SSSR count). The maximum Gasteiger partial charge on any atom is 0.336 e. The normalized spacial score (nSPS) is 22.2. The molecule has 1 aliphatic heterocycles. The van der Waals surface area contributed by atoms with Crippen molar-refractivity contribution in [2.45, 2.75) is 45.5 Å². The predicted octanol–water partition coefficient (Wildman–Crippen LogP) is 2.88. The summed E-state index contributed by atoms with van der Waals surface area (Å²) in [6, 6.07) is 6.37. The molecule has 0 spiro atoms. The summed E-state index contributed by atoms with van der Waals surface area (Å²) in [5.41, 5.74) is -0.518. The lowest BCUT2D eigenvalue weighted by Crippen LogP contribution is -2.51. The zero-order chi connectivity index (χ0) is 18.4. The van der Waals surface area contributed by atoms with Gasteiger partial charge >= 0.3 is 11.6 Å². The minimum absolute atomic E-state index is 0.233. The Bertz CT molecular complexity index is 921. The maximum absolute atomic E-state index is 12.2. The number of esters is 1. The molecule has 132 valence electrons. The van der Waals surface area contributed by atoms with Crippen molar-refractivity contribution in [1.29, 1.82) is 0 Å². The van der Waals surface area contributed by atoms with Crippen LogP contribution < -0.4 is 10.4 Å². The second-order valence-electron chi connectivity index (χ2n) is 6.60. The van der Waals surface area contributed by atoms with Crippen molar-refractivity contribution >= 4 is 16.9 Å². The van der Waals surface area contributed by atoms with Crippen LogP contribution in [0.4, 0.5) is 0 Å². The lowest BCUT2D eigenvalue weighted by atomic mass is 9.87. The molecule has 0 unspecified atom stereocenters. The smallest absolute Gasteiger partial charge is 0.336 e. The number of aliphatic hydroxyl groups is 1. The minimum Gasteiger partial charge on any atom is -0.483 e. The summed E-state index contributed by atoms with van der Waals surface area (Å²) < 4.78 is 16.7. The molecule has 0 fully saturated rings. The van der Waals surface area contributed by atoms with Crippen LogP contribution in [0.3, 0.4) is 0 Å². The highest BCUT2D eigenvalue weighted by atomic mass is 16.6. The first kappa shape index (κ1) is 17.2. The average molecular weight is 344 g/mol. The molecule has 6 nitrogen and oxygen atoms in total. The number of benzene rings is 1. The Morgan fingerprint density at radius 1 is 1.28 bits per heavy atom. The highest BCUT2D eigenvalue weighted by molar-refractivity contribution is 5.88. The first-order chi connectivity index (χ1) is 11.7. The van der Waals surface area contributed by atoms with E-state index in [4.69, 9.17) is 13.9 Å². The topological polar surface area (TPSA) is 86.0 Å². The van der Waals surface area contributed by atoms with Crippen molar-refractivity contribution < 1.29 is 23.8 Å². The molecule has 0 aliphatic carbocycles. The van der Waals surface area contributed by atoms with Crippen LogP contribution in [0.25, 0.3) is 11.0 Å². The highest BCUT2D eigenvalue weighted by Crippen LogP contribution is 2.44. The molecule has 0 amide bonds. The van der Waals surface area contributed by atoms with Crippen molar-refractivity contribution in [2.24, 2.45) is 0 Å². The molecule has 0 saturated heterocycles. The van der Waals surface area contributed by atoms with Gasteiger partial charge in [-0.3, -0.25) is 0 Å². The van der Waals surface area contributed by atoms with Gasteiger partial charge in [0.1, 0.15) is 23.0 Å². The quantitative estimate of drug-likeness (QED) is 0.512. The largest absolute Gasteiger partial charge is 0.483 e. The molecule has 1 aromatic heterocycles. The first-order valence-electron chi connectivity index (χ1n) is 8.02.